The number of aliphatic hydroxyl groups excluding tert-OH is 2. The fourth-order valence-electron chi connectivity index (χ4n) is 6.85. The summed E-state index contributed by atoms with van der Waals surface area (Å²) in [6.45, 7) is -4.95. The average molecular weight is 1430 g/mol. The van der Waals surface area contributed by atoms with E-state index in [1.54, 1.807) is 24.5 Å². The van der Waals surface area contributed by atoms with E-state index in [-0.39, 0.29) is 103 Å². The third kappa shape index (κ3) is 20.5. The van der Waals surface area contributed by atoms with Gasteiger partial charge in [0.2, 0.25) is 0 Å². The van der Waals surface area contributed by atoms with Crippen LogP contribution in [-0.2, 0) is 50.3 Å². The molecule has 12 rings (SSSR count). The van der Waals surface area contributed by atoms with E-state index in [4.69, 9.17) is 45.7 Å². The van der Waals surface area contributed by atoms with Crippen LogP contribution >= 0.6 is 0 Å². The van der Waals surface area contributed by atoms with Crippen molar-refractivity contribution < 1.29 is 85.9 Å². The molecule has 6 aromatic carbocycles. The number of furan rings is 2. The minimum absolute atomic E-state index is 0. The predicted molar refractivity (Wildman–Crippen MR) is 314 cm³/mol. The van der Waals surface area contributed by atoms with Crippen molar-refractivity contribution in [1.82, 2.24) is 19.9 Å². The molecule has 0 amide bonds. The van der Waals surface area contributed by atoms with E-state index in [1.165, 1.54) is 0 Å². The summed E-state index contributed by atoms with van der Waals surface area (Å²) >= 11 is 0. The minimum Gasteiger partial charge on any atom is -0.748 e. The van der Waals surface area contributed by atoms with Crippen LogP contribution in [0.15, 0.2) is 222 Å². The summed E-state index contributed by atoms with van der Waals surface area (Å²) in [5, 5.41) is 17.6. The molecule has 12 aromatic rings. The van der Waals surface area contributed by atoms with Crippen LogP contribution < -0.4 is 0 Å². The molecule has 2 N–H and O–H groups in total. The molecule has 0 saturated carbocycles. The number of benzene rings is 6. The molecule has 407 valence electrons. The fraction of sp³-hybridized carbons (Fsp3) is 0.0938. The van der Waals surface area contributed by atoms with Crippen molar-refractivity contribution in [2.45, 2.75) is 21.1 Å². The molecule has 0 bridgehead atoms. The van der Waals surface area contributed by atoms with E-state index in [1.807, 2.05) is 152 Å². The summed E-state index contributed by atoms with van der Waals surface area (Å²) in [6.07, 6.45) is 14.5. The van der Waals surface area contributed by atoms with Crippen molar-refractivity contribution in [3.63, 3.8) is 0 Å². The van der Waals surface area contributed by atoms with Crippen LogP contribution in [-0.4, -0.2) is 72.0 Å². The van der Waals surface area contributed by atoms with Gasteiger partial charge in [-0.1, -0.05) is 109 Å². The zero-order chi connectivity index (χ0) is 62.5. The number of terminal acetylenes is 1. The van der Waals surface area contributed by atoms with Gasteiger partial charge in [0.15, 0.2) is 0 Å². The summed E-state index contributed by atoms with van der Waals surface area (Å²) in [4.78, 5) is 16.7. The second-order valence-electron chi connectivity index (χ2n) is 14.7. The average Bonchev–Trinajstić information content (AvgIpc) is 1.79. The Morgan fingerprint density at radius 1 is 0.519 bits per heavy atom. The predicted octanol–water partition coefficient (Wildman–Crippen LogP) is 13.7. The van der Waals surface area contributed by atoms with Crippen molar-refractivity contribution in [2.24, 2.45) is 0 Å². The minimum atomic E-state index is -3.92. The summed E-state index contributed by atoms with van der Waals surface area (Å²) in [7, 11) is -1.92. The first-order chi connectivity index (χ1) is 40.7. The van der Waals surface area contributed by atoms with Crippen molar-refractivity contribution in [1.29, 1.82) is 0 Å². The molecular weight excluding hydrogens is 1360 g/mol. The Hall–Kier alpha value is -7.73. The zero-order valence-electron chi connectivity index (χ0n) is 51.9. The van der Waals surface area contributed by atoms with Gasteiger partial charge in [0.1, 0.15) is 16.7 Å². The summed E-state index contributed by atoms with van der Waals surface area (Å²) in [6, 6.07) is 59.8. The zero-order valence-corrected chi connectivity index (χ0v) is 47.5. The third-order valence-electron chi connectivity index (χ3n) is 9.81. The molecule has 0 unspecified atom stereocenters. The normalized spacial score (nSPS) is 11.7. The Labute approximate surface area is 507 Å². The van der Waals surface area contributed by atoms with Gasteiger partial charge < -0.3 is 38.6 Å². The van der Waals surface area contributed by atoms with Gasteiger partial charge in [-0.2, -0.15) is 0 Å². The Kier molecular flexibility index (Phi) is 24.5. The molecular formula is C64H58BIr2N4O7S-4. The SMILES string of the molecule is C.C#C.CO.CO.CS(=O)(=O)[O-].[2H]c1c(C([2H])([2H])[2H])cnc(-c2[c-]ccc3c2oc2ccccc23)c1[2H].[2H]c1c(C([2H])([2H])[2H])cnc(-c2cccc3c2oc2ccccc23)c1[2H].[B].[Ir].[Ir].[c-]1ccccc1-c1ccccn1.[c-]1ccccc1-c1ccccn1. The van der Waals surface area contributed by atoms with Gasteiger partial charge >= 0.3 is 0 Å². The van der Waals surface area contributed by atoms with E-state index < -0.39 is 23.8 Å². The maximum Gasteiger partial charge on any atom is 0.144 e. The van der Waals surface area contributed by atoms with Gasteiger partial charge in [-0.25, -0.2) is 8.42 Å². The van der Waals surface area contributed by atoms with E-state index in [0.717, 1.165) is 76.3 Å². The molecule has 6 heterocycles. The van der Waals surface area contributed by atoms with Gasteiger partial charge in [-0.05, 0) is 78.3 Å². The van der Waals surface area contributed by atoms with Gasteiger partial charge in [-0.15, -0.1) is 103 Å². The third-order valence-corrected chi connectivity index (χ3v) is 9.81. The van der Waals surface area contributed by atoms with Gasteiger partial charge in [0.05, 0.1) is 26.9 Å². The summed E-state index contributed by atoms with van der Waals surface area (Å²) in [5.74, 6) is 0. The number of nitrogens with zero attached hydrogens (tertiary/aromatic N) is 4. The Morgan fingerprint density at radius 3 is 1.42 bits per heavy atom. The number of para-hydroxylation sites is 3. The molecule has 11 nitrogen and oxygen atoms in total. The second-order valence-corrected chi connectivity index (χ2v) is 16.1. The van der Waals surface area contributed by atoms with Crippen molar-refractivity contribution in [3.8, 4) is 57.9 Å². The van der Waals surface area contributed by atoms with E-state index in [0.29, 0.717) is 34.1 Å². The summed E-state index contributed by atoms with van der Waals surface area (Å²) in [5.41, 5.74) is 7.52. The Morgan fingerprint density at radius 2 is 0.949 bits per heavy atom. The number of aryl methyl sites for hydroxylation is 2. The topological polar surface area (TPSA) is 175 Å². The molecule has 0 aliphatic carbocycles. The largest absolute Gasteiger partial charge is 0.748 e. The summed E-state index contributed by atoms with van der Waals surface area (Å²) < 4.78 is 116. The first-order valence-electron chi connectivity index (χ1n) is 27.2. The van der Waals surface area contributed by atoms with Crippen molar-refractivity contribution in [3.05, 3.63) is 242 Å². The molecule has 79 heavy (non-hydrogen) atoms. The van der Waals surface area contributed by atoms with Crippen LogP contribution in [0.2, 0.25) is 0 Å². The number of rotatable bonds is 4. The fourth-order valence-corrected chi connectivity index (χ4v) is 6.85. The van der Waals surface area contributed by atoms with Gasteiger partial charge in [0, 0.05) is 124 Å². The molecule has 0 saturated heterocycles. The number of hydrogen-bond donors (Lipinski definition) is 2. The molecule has 0 fully saturated rings. The number of hydrogen-bond acceptors (Lipinski definition) is 11. The van der Waals surface area contributed by atoms with Crippen LogP contribution in [0.4, 0.5) is 0 Å². The van der Waals surface area contributed by atoms with E-state index >= 15 is 0 Å². The van der Waals surface area contributed by atoms with Crippen molar-refractivity contribution in [2.75, 3.05) is 20.5 Å². The van der Waals surface area contributed by atoms with E-state index in [2.05, 4.69) is 51.0 Å². The Balaban J connectivity index is 0.000000576. The Bertz CT molecular complexity index is 3890. The molecule has 0 spiro atoms. The number of fused-ring (bicyclic) bond motifs is 6. The standard InChI is InChI=1S/C18H13NO.C18H12NO.2C11H8N.C2H2.CH4O3S.2CH4O.CH4.B.2Ir/c2*1-12-9-10-16(19-11-12)15-7-4-6-14-13-5-2-3-8-17(13)20-18(14)15;2*1-2-6-10(7-3-1)11-8-4-5-9-12-11;1-2;1-5(2,3)4;2*1-2;;;;/h2-11H,1H3;2-6,8-11H,1H3;2*1-6,8-9H;1-2H;1H3,(H,2,3,4);2*2H,1H3;1H4;;;/q;3*-1;;;;;;;;/p-1/i2*1D3,9D,10D;;;;;;;;;;. The first kappa shape index (κ1) is 53.3. The number of aliphatic hydroxyl groups is 2. The maximum absolute atomic E-state index is 9.08. The van der Waals surface area contributed by atoms with Crippen LogP contribution in [0.3, 0.4) is 0 Å². The monoisotopic (exact) mass is 1430 g/mol. The van der Waals surface area contributed by atoms with Crippen LogP contribution in [0.1, 0.15) is 32.3 Å². The second kappa shape index (κ2) is 36.4. The maximum atomic E-state index is 9.08. The van der Waals surface area contributed by atoms with Gasteiger partial charge in [-0.3, -0.25) is 4.98 Å². The molecule has 6 aromatic heterocycles. The number of aromatic nitrogens is 4. The molecule has 0 aliphatic heterocycles. The van der Waals surface area contributed by atoms with Crippen molar-refractivity contribution >= 4 is 62.4 Å². The van der Waals surface area contributed by atoms with Crippen LogP contribution in [0, 0.1) is 44.7 Å². The van der Waals surface area contributed by atoms with Crippen LogP contribution in [0.5, 0.6) is 0 Å². The molecule has 5 radical (unpaired) electrons. The quantitative estimate of drug-likeness (QED) is 0.0742. The first-order valence-corrected chi connectivity index (χ1v) is 24.1. The molecule has 15 heteroatoms. The number of pyridine rings is 4. The van der Waals surface area contributed by atoms with E-state index in [9.17, 15) is 0 Å². The van der Waals surface area contributed by atoms with Gasteiger partial charge in [0.25, 0.3) is 0 Å². The smallest absolute Gasteiger partial charge is 0.144 e. The molecule has 0 atom stereocenters. The molecule has 0 aliphatic rings. The van der Waals surface area contributed by atoms with Crippen LogP contribution in [0.25, 0.3) is 88.9 Å².